The number of aromatic nitrogens is 1. The van der Waals surface area contributed by atoms with E-state index in [-0.39, 0.29) is 5.56 Å². The van der Waals surface area contributed by atoms with E-state index in [0.717, 1.165) is 0 Å². The van der Waals surface area contributed by atoms with Gasteiger partial charge in [0.05, 0.1) is 16.1 Å². The highest BCUT2D eigenvalue weighted by atomic mass is 35.5. The molecule has 0 radical (unpaired) electrons. The zero-order valence-electron chi connectivity index (χ0n) is 8.37. The Morgan fingerprint density at radius 2 is 2.06 bits per heavy atom. The predicted molar refractivity (Wildman–Crippen MR) is 60.0 cm³/mol. The third-order valence-electron chi connectivity index (χ3n) is 2.39. The first-order chi connectivity index (χ1) is 7.52. The molecule has 82 valence electrons. The molecule has 0 unspecified atom stereocenters. The summed E-state index contributed by atoms with van der Waals surface area (Å²) >= 11 is 5.94. The lowest BCUT2D eigenvalue weighted by Gasteiger charge is -1.95. The molecule has 1 aromatic heterocycles. The van der Waals surface area contributed by atoms with Crippen LogP contribution in [-0.2, 0) is 4.79 Å². The number of aromatic amines is 1. The molecule has 2 N–H and O–H groups in total. The van der Waals surface area contributed by atoms with Crippen molar-refractivity contribution in [1.29, 1.82) is 0 Å². The highest BCUT2D eigenvalue weighted by Gasteiger charge is 2.22. The van der Waals surface area contributed by atoms with E-state index in [1.54, 1.807) is 25.1 Å². The van der Waals surface area contributed by atoms with Crippen LogP contribution in [0, 0.1) is 6.92 Å². The van der Waals surface area contributed by atoms with Crippen molar-refractivity contribution in [3.63, 3.8) is 0 Å². The van der Waals surface area contributed by atoms with Crippen LogP contribution in [0.2, 0.25) is 5.02 Å². The number of rotatable bonds is 2. The lowest BCUT2D eigenvalue weighted by Crippen LogP contribution is -2.13. The van der Waals surface area contributed by atoms with Crippen molar-refractivity contribution in [3.8, 4) is 0 Å². The Labute approximate surface area is 95.8 Å². The molecule has 2 aromatic rings. The number of carbonyl (C=O) groups excluding carboxylic acids is 1. The normalized spacial score (nSPS) is 10.6. The topological polar surface area (TPSA) is 70.2 Å². The molecule has 0 saturated heterocycles. The number of fused-ring (bicyclic) bond motifs is 1. The van der Waals surface area contributed by atoms with Gasteiger partial charge in [0.25, 0.3) is 5.78 Å². The number of para-hydroxylation sites is 1. The Morgan fingerprint density at radius 1 is 1.38 bits per heavy atom. The Morgan fingerprint density at radius 3 is 2.69 bits per heavy atom. The lowest BCUT2D eigenvalue weighted by molar-refractivity contribution is -0.131. The van der Waals surface area contributed by atoms with Crippen LogP contribution in [0.3, 0.4) is 0 Å². The molecule has 2 rings (SSSR count). The number of aliphatic carboxylic acids is 1. The summed E-state index contributed by atoms with van der Waals surface area (Å²) in [6.45, 7) is 1.65. The fourth-order valence-corrected chi connectivity index (χ4v) is 1.93. The zero-order chi connectivity index (χ0) is 11.9. The number of halogens is 1. The van der Waals surface area contributed by atoms with Crippen LogP contribution in [0.4, 0.5) is 0 Å². The Hall–Kier alpha value is -1.81. The monoisotopic (exact) mass is 237 g/mol. The lowest BCUT2D eigenvalue weighted by atomic mass is 10.1. The van der Waals surface area contributed by atoms with Crippen LogP contribution in [0.1, 0.15) is 16.1 Å². The van der Waals surface area contributed by atoms with Crippen LogP contribution in [0.25, 0.3) is 10.9 Å². The molecule has 0 fully saturated rings. The smallest absolute Gasteiger partial charge is 0.377 e. The number of carbonyl (C=O) groups is 2. The minimum absolute atomic E-state index is 0.171. The Balaban J connectivity index is 2.80. The number of carboxylic acids is 1. The molecule has 0 amide bonds. The summed E-state index contributed by atoms with van der Waals surface area (Å²) in [4.78, 5) is 25.1. The molecule has 1 heterocycles. The molecule has 0 bridgehead atoms. The SMILES string of the molecule is Cc1[nH]c2c(Cl)cccc2c1C(=O)C(=O)O. The summed E-state index contributed by atoms with van der Waals surface area (Å²) < 4.78 is 0. The van der Waals surface area contributed by atoms with Crippen LogP contribution >= 0.6 is 11.6 Å². The van der Waals surface area contributed by atoms with E-state index in [4.69, 9.17) is 16.7 Å². The van der Waals surface area contributed by atoms with Crippen molar-refractivity contribution < 1.29 is 14.7 Å². The molecule has 5 heteroatoms. The minimum atomic E-state index is -1.47. The second-order valence-electron chi connectivity index (χ2n) is 3.42. The van der Waals surface area contributed by atoms with Crippen molar-refractivity contribution in [2.45, 2.75) is 6.92 Å². The van der Waals surface area contributed by atoms with Gasteiger partial charge in [-0.3, -0.25) is 4.79 Å². The van der Waals surface area contributed by atoms with Gasteiger partial charge in [0.2, 0.25) is 0 Å². The molecular weight excluding hydrogens is 230 g/mol. The van der Waals surface area contributed by atoms with E-state index in [0.29, 0.717) is 21.6 Å². The quantitative estimate of drug-likeness (QED) is 0.622. The summed E-state index contributed by atoms with van der Waals surface area (Å²) in [6, 6.07) is 5.02. The number of nitrogens with one attached hydrogen (secondary N) is 1. The third kappa shape index (κ3) is 1.47. The van der Waals surface area contributed by atoms with Gasteiger partial charge in [0.15, 0.2) is 0 Å². The number of carboxylic acid groups (broad SMARTS) is 1. The van der Waals surface area contributed by atoms with E-state index in [1.807, 2.05) is 0 Å². The molecular formula is C11H8ClNO3. The van der Waals surface area contributed by atoms with E-state index in [1.165, 1.54) is 0 Å². The second-order valence-corrected chi connectivity index (χ2v) is 3.83. The molecule has 0 spiro atoms. The predicted octanol–water partition coefficient (Wildman–Crippen LogP) is 2.40. The van der Waals surface area contributed by atoms with Crippen molar-refractivity contribution in [2.75, 3.05) is 0 Å². The van der Waals surface area contributed by atoms with Crippen LogP contribution in [-0.4, -0.2) is 21.8 Å². The number of ketones is 1. The molecule has 0 atom stereocenters. The minimum Gasteiger partial charge on any atom is -0.475 e. The van der Waals surface area contributed by atoms with Crippen LogP contribution in [0.15, 0.2) is 18.2 Å². The second kappa shape index (κ2) is 3.64. The van der Waals surface area contributed by atoms with Crippen molar-refractivity contribution in [2.24, 2.45) is 0 Å². The third-order valence-corrected chi connectivity index (χ3v) is 2.71. The highest BCUT2D eigenvalue weighted by molar-refractivity contribution is 6.43. The van der Waals surface area contributed by atoms with E-state index >= 15 is 0 Å². The molecule has 16 heavy (non-hydrogen) atoms. The molecule has 0 saturated carbocycles. The van der Waals surface area contributed by atoms with Gasteiger partial charge >= 0.3 is 5.97 Å². The van der Waals surface area contributed by atoms with Crippen molar-refractivity contribution in [3.05, 3.63) is 34.5 Å². The average molecular weight is 238 g/mol. The average Bonchev–Trinajstić information content (AvgIpc) is 2.55. The van der Waals surface area contributed by atoms with E-state index in [9.17, 15) is 9.59 Å². The number of aryl methyl sites for hydroxylation is 1. The number of benzene rings is 1. The fraction of sp³-hybridized carbons (Fsp3) is 0.0909. The fourth-order valence-electron chi connectivity index (χ4n) is 1.71. The van der Waals surface area contributed by atoms with Gasteiger partial charge in [0, 0.05) is 11.1 Å². The van der Waals surface area contributed by atoms with E-state index < -0.39 is 11.8 Å². The van der Waals surface area contributed by atoms with Gasteiger partial charge in [-0.2, -0.15) is 0 Å². The zero-order valence-corrected chi connectivity index (χ0v) is 9.13. The maximum Gasteiger partial charge on any atom is 0.377 e. The Kier molecular flexibility index (Phi) is 2.44. The number of Topliss-reactive ketones (excluding diaryl/α,β-unsaturated/α-hetero) is 1. The maximum atomic E-state index is 11.5. The first-order valence-corrected chi connectivity index (χ1v) is 4.94. The Bertz CT molecular complexity index is 601. The summed E-state index contributed by atoms with van der Waals surface area (Å²) in [7, 11) is 0. The van der Waals surface area contributed by atoms with Crippen molar-refractivity contribution in [1.82, 2.24) is 4.98 Å². The van der Waals surface area contributed by atoms with Crippen molar-refractivity contribution >= 4 is 34.3 Å². The number of hydrogen-bond acceptors (Lipinski definition) is 2. The molecule has 4 nitrogen and oxygen atoms in total. The molecule has 0 aliphatic rings. The first kappa shape index (κ1) is 10.7. The number of H-pyrrole nitrogens is 1. The molecule has 0 aliphatic heterocycles. The largest absolute Gasteiger partial charge is 0.475 e. The summed E-state index contributed by atoms with van der Waals surface area (Å²) in [5, 5.41) is 9.71. The van der Waals surface area contributed by atoms with Gasteiger partial charge in [0.1, 0.15) is 0 Å². The summed E-state index contributed by atoms with van der Waals surface area (Å²) in [5.41, 5.74) is 1.27. The van der Waals surface area contributed by atoms with Gasteiger partial charge in [-0.25, -0.2) is 4.79 Å². The van der Waals surface area contributed by atoms with Gasteiger partial charge in [-0.1, -0.05) is 23.7 Å². The van der Waals surface area contributed by atoms with Gasteiger partial charge in [-0.05, 0) is 13.0 Å². The maximum absolute atomic E-state index is 11.5. The summed E-state index contributed by atoms with van der Waals surface area (Å²) in [5.74, 6) is -2.39. The first-order valence-electron chi connectivity index (χ1n) is 4.56. The summed E-state index contributed by atoms with van der Waals surface area (Å²) in [6.07, 6.45) is 0. The van der Waals surface area contributed by atoms with Gasteiger partial charge in [-0.15, -0.1) is 0 Å². The van der Waals surface area contributed by atoms with Gasteiger partial charge < -0.3 is 10.1 Å². The molecule has 1 aromatic carbocycles. The standard InChI is InChI=1S/C11H8ClNO3/c1-5-8(10(14)11(15)16)6-3-2-4-7(12)9(6)13-5/h2-4,13H,1H3,(H,15,16). The number of hydrogen-bond donors (Lipinski definition) is 2. The highest BCUT2D eigenvalue weighted by Crippen LogP contribution is 2.28. The molecule has 0 aliphatic carbocycles. The van der Waals surface area contributed by atoms with Crippen LogP contribution in [0.5, 0.6) is 0 Å². The van der Waals surface area contributed by atoms with E-state index in [2.05, 4.69) is 4.98 Å². The van der Waals surface area contributed by atoms with Crippen LogP contribution < -0.4 is 0 Å².